The average Bonchev–Trinajstić information content (AvgIpc) is 3.03. The molecule has 1 saturated heterocycles. The number of morpholine rings is 1. The Morgan fingerprint density at radius 2 is 1.77 bits per heavy atom. The molecule has 0 spiro atoms. The Kier molecular flexibility index (Phi) is 5.39. The van der Waals surface area contributed by atoms with Crippen molar-refractivity contribution in [3.05, 3.63) is 70.6 Å². The highest BCUT2D eigenvalue weighted by Gasteiger charge is 2.29. The van der Waals surface area contributed by atoms with E-state index in [1.165, 1.54) is 0 Å². The Hall–Kier alpha value is -2.08. The minimum atomic E-state index is 0.114. The number of benzene rings is 2. The quantitative estimate of drug-likeness (QED) is 0.823. The fourth-order valence-electron chi connectivity index (χ4n) is 3.27. The van der Waals surface area contributed by atoms with Gasteiger partial charge in [0.05, 0.1) is 23.8 Å². The maximum atomic E-state index is 12.9. The summed E-state index contributed by atoms with van der Waals surface area (Å²) in [6, 6.07) is 18.0. The van der Waals surface area contributed by atoms with Crippen molar-refractivity contribution in [1.82, 2.24) is 10.2 Å². The predicted molar refractivity (Wildman–Crippen MR) is 105 cm³/mol. The number of nitrogens with zero attached hydrogens (tertiary/aromatic N) is 1. The van der Waals surface area contributed by atoms with Crippen LogP contribution in [0.4, 0.5) is 0 Å². The van der Waals surface area contributed by atoms with Gasteiger partial charge in [0.1, 0.15) is 0 Å². The third-order valence-corrected chi connectivity index (χ3v) is 5.84. The average molecular weight is 366 g/mol. The van der Waals surface area contributed by atoms with Crippen LogP contribution in [0.3, 0.4) is 0 Å². The molecule has 1 N–H and O–H groups in total. The number of rotatable bonds is 5. The number of carbonyl (C=O) groups excluding carboxylic acids is 1. The topological polar surface area (TPSA) is 41.6 Å². The second kappa shape index (κ2) is 8.08. The lowest BCUT2D eigenvalue weighted by atomic mass is 10.1. The van der Waals surface area contributed by atoms with Crippen LogP contribution in [-0.4, -0.2) is 50.1 Å². The molecule has 0 amide bonds. The number of fused-ring (bicyclic) bond motifs is 1. The number of hydrogen-bond acceptors (Lipinski definition) is 5. The van der Waals surface area contributed by atoms with Crippen LogP contribution in [-0.2, 0) is 4.74 Å². The fourth-order valence-corrected chi connectivity index (χ4v) is 4.40. The molecule has 4 nitrogen and oxygen atoms in total. The molecule has 0 radical (unpaired) electrons. The van der Waals surface area contributed by atoms with Gasteiger partial charge in [-0.2, -0.15) is 0 Å². The molecule has 0 saturated carbocycles. The minimum absolute atomic E-state index is 0.114. The molecule has 0 atom stereocenters. The summed E-state index contributed by atoms with van der Waals surface area (Å²) < 4.78 is 5.41. The van der Waals surface area contributed by atoms with Crippen molar-refractivity contribution < 1.29 is 9.53 Å². The molecule has 26 heavy (non-hydrogen) atoms. The Morgan fingerprint density at radius 3 is 2.54 bits per heavy atom. The molecule has 2 heterocycles. The van der Waals surface area contributed by atoms with Crippen LogP contribution in [0.1, 0.15) is 15.9 Å². The lowest BCUT2D eigenvalue weighted by Crippen LogP contribution is -2.40. The Bertz CT molecular complexity index is 814. The van der Waals surface area contributed by atoms with Gasteiger partial charge in [0.2, 0.25) is 5.78 Å². The van der Waals surface area contributed by atoms with Gasteiger partial charge >= 0.3 is 0 Å². The zero-order valence-electron chi connectivity index (χ0n) is 14.6. The summed E-state index contributed by atoms with van der Waals surface area (Å²) in [6.45, 7) is 5.29. The highest BCUT2D eigenvalue weighted by atomic mass is 32.2. The van der Waals surface area contributed by atoms with Gasteiger partial charge in [-0.3, -0.25) is 9.69 Å². The molecule has 4 rings (SSSR count). The summed E-state index contributed by atoms with van der Waals surface area (Å²) in [7, 11) is 0. The van der Waals surface area contributed by atoms with Gasteiger partial charge in [-0.05, 0) is 17.7 Å². The SMILES string of the molecule is O=C1C(=C(NCCN2CCOCC2)c2ccccc2)Sc2ccccc21. The fraction of sp³-hybridized carbons (Fsp3) is 0.286. The maximum absolute atomic E-state index is 12.9. The summed E-state index contributed by atoms with van der Waals surface area (Å²) in [6.07, 6.45) is 0. The van der Waals surface area contributed by atoms with Gasteiger partial charge in [0.25, 0.3) is 0 Å². The minimum Gasteiger partial charge on any atom is -0.382 e. The van der Waals surface area contributed by atoms with Gasteiger partial charge in [-0.25, -0.2) is 0 Å². The predicted octanol–water partition coefficient (Wildman–Crippen LogP) is 3.27. The molecule has 0 aromatic heterocycles. The van der Waals surface area contributed by atoms with Crippen molar-refractivity contribution in [2.45, 2.75) is 4.90 Å². The monoisotopic (exact) mass is 366 g/mol. The van der Waals surface area contributed by atoms with E-state index >= 15 is 0 Å². The van der Waals surface area contributed by atoms with E-state index in [0.29, 0.717) is 0 Å². The standard InChI is InChI=1S/C21H22N2O2S/c24-20-17-8-4-5-9-18(17)26-21(20)19(16-6-2-1-3-7-16)22-10-11-23-12-14-25-15-13-23/h1-9,22H,10-15H2. The van der Waals surface area contributed by atoms with Gasteiger partial charge < -0.3 is 10.1 Å². The van der Waals surface area contributed by atoms with Gasteiger partial charge in [-0.1, -0.05) is 54.2 Å². The van der Waals surface area contributed by atoms with Gasteiger partial charge in [0, 0.05) is 36.6 Å². The van der Waals surface area contributed by atoms with Crippen molar-refractivity contribution in [3.63, 3.8) is 0 Å². The molecule has 2 aliphatic heterocycles. The van der Waals surface area contributed by atoms with Crippen molar-refractivity contribution in [2.75, 3.05) is 39.4 Å². The van der Waals surface area contributed by atoms with Crippen molar-refractivity contribution in [3.8, 4) is 0 Å². The first-order chi connectivity index (χ1) is 12.8. The highest BCUT2D eigenvalue weighted by molar-refractivity contribution is 8.05. The smallest absolute Gasteiger partial charge is 0.202 e. The molecule has 0 bridgehead atoms. The van der Waals surface area contributed by atoms with E-state index in [9.17, 15) is 4.79 Å². The molecule has 2 aromatic carbocycles. The number of ketones is 1. The molecule has 5 heteroatoms. The molecule has 134 valence electrons. The van der Waals surface area contributed by atoms with Crippen molar-refractivity contribution in [2.24, 2.45) is 0 Å². The second-order valence-electron chi connectivity index (χ2n) is 6.38. The second-order valence-corrected chi connectivity index (χ2v) is 7.43. The van der Waals surface area contributed by atoms with E-state index in [1.807, 2.05) is 42.5 Å². The normalized spacial score (nSPS) is 19.3. The van der Waals surface area contributed by atoms with Crippen LogP contribution in [0.2, 0.25) is 0 Å². The lowest BCUT2D eigenvalue weighted by molar-refractivity contribution is 0.0388. The van der Waals surface area contributed by atoms with Crippen LogP contribution in [0.5, 0.6) is 0 Å². The van der Waals surface area contributed by atoms with E-state index in [0.717, 1.165) is 66.0 Å². The first-order valence-electron chi connectivity index (χ1n) is 8.98. The van der Waals surface area contributed by atoms with Crippen molar-refractivity contribution in [1.29, 1.82) is 0 Å². The molecule has 1 fully saturated rings. The van der Waals surface area contributed by atoms with Gasteiger partial charge in [0.15, 0.2) is 0 Å². The Labute approximate surface area is 158 Å². The summed E-state index contributed by atoms with van der Waals surface area (Å²) >= 11 is 1.57. The maximum Gasteiger partial charge on any atom is 0.202 e. The number of nitrogens with one attached hydrogen (secondary N) is 1. The summed E-state index contributed by atoms with van der Waals surface area (Å²) in [5.41, 5.74) is 2.79. The number of thioether (sulfide) groups is 1. The first-order valence-corrected chi connectivity index (χ1v) is 9.80. The van der Waals surface area contributed by atoms with Gasteiger partial charge in [-0.15, -0.1) is 0 Å². The van der Waals surface area contributed by atoms with Crippen molar-refractivity contribution >= 4 is 23.2 Å². The van der Waals surface area contributed by atoms with Crippen LogP contribution < -0.4 is 5.32 Å². The number of ether oxygens (including phenoxy) is 1. The third-order valence-electron chi connectivity index (χ3n) is 4.67. The zero-order chi connectivity index (χ0) is 17.8. The van der Waals surface area contributed by atoms with E-state index in [4.69, 9.17) is 4.74 Å². The molecule has 0 aliphatic carbocycles. The molecule has 0 unspecified atom stereocenters. The van der Waals surface area contributed by atoms with Crippen LogP contribution >= 0.6 is 11.8 Å². The number of hydrogen-bond donors (Lipinski definition) is 1. The summed E-state index contributed by atoms with van der Waals surface area (Å²) in [4.78, 5) is 17.2. The van der Waals surface area contributed by atoms with E-state index in [2.05, 4.69) is 22.3 Å². The first kappa shape index (κ1) is 17.3. The number of allylic oxidation sites excluding steroid dienone is 1. The largest absolute Gasteiger partial charge is 0.382 e. The van der Waals surface area contributed by atoms with Crippen LogP contribution in [0, 0.1) is 0 Å². The molecular formula is C21H22N2O2S. The van der Waals surface area contributed by atoms with E-state index < -0.39 is 0 Å². The molecule has 2 aliphatic rings. The van der Waals surface area contributed by atoms with Crippen LogP contribution in [0.25, 0.3) is 5.70 Å². The zero-order valence-corrected chi connectivity index (χ0v) is 15.4. The Morgan fingerprint density at radius 1 is 1.04 bits per heavy atom. The number of Topliss-reactive ketones (excluding diaryl/α,β-unsaturated/α-hetero) is 1. The summed E-state index contributed by atoms with van der Waals surface area (Å²) in [5.74, 6) is 0.114. The lowest BCUT2D eigenvalue weighted by Gasteiger charge is -2.27. The molecule has 2 aromatic rings. The molecular weight excluding hydrogens is 344 g/mol. The third kappa shape index (κ3) is 3.70. The summed E-state index contributed by atoms with van der Waals surface area (Å²) in [5, 5.41) is 3.55. The number of carbonyl (C=O) groups is 1. The Balaban J connectivity index is 1.57. The highest BCUT2D eigenvalue weighted by Crippen LogP contribution is 2.42. The van der Waals surface area contributed by atoms with E-state index in [-0.39, 0.29) is 5.78 Å². The van der Waals surface area contributed by atoms with E-state index in [1.54, 1.807) is 11.8 Å². The van der Waals surface area contributed by atoms with Crippen LogP contribution in [0.15, 0.2) is 64.4 Å².